The number of hydrogen-bond acceptors (Lipinski definition) is 3. The molecule has 4 heteroatoms. The lowest BCUT2D eigenvalue weighted by atomic mass is 9.92. The van der Waals surface area contributed by atoms with Crippen LogP contribution in [0.3, 0.4) is 0 Å². The van der Waals surface area contributed by atoms with E-state index < -0.39 is 0 Å². The Morgan fingerprint density at radius 1 is 1.62 bits per heavy atom. The van der Waals surface area contributed by atoms with E-state index in [0.29, 0.717) is 18.9 Å². The molecule has 16 heavy (non-hydrogen) atoms. The van der Waals surface area contributed by atoms with Gasteiger partial charge in [0.05, 0.1) is 12.1 Å². The highest BCUT2D eigenvalue weighted by atomic mass is 16.3. The Hall–Kier alpha value is -0.610. The number of hydrogen-bond donors (Lipinski definition) is 2. The first-order chi connectivity index (χ1) is 7.52. The lowest BCUT2D eigenvalue weighted by Gasteiger charge is -2.32. The standard InChI is InChI=1S/C12H24N2O2/c1-9-5-4-7-13-11(9)12(16)14(3)8-6-10(2)15/h9-11,13,15H,4-8H2,1-3H3. The summed E-state index contributed by atoms with van der Waals surface area (Å²) >= 11 is 0. The minimum absolute atomic E-state index is 0.0345. The Morgan fingerprint density at radius 3 is 2.88 bits per heavy atom. The minimum atomic E-state index is -0.341. The van der Waals surface area contributed by atoms with Crippen molar-refractivity contribution in [1.82, 2.24) is 10.2 Å². The van der Waals surface area contributed by atoms with Crippen molar-refractivity contribution in [1.29, 1.82) is 0 Å². The average molecular weight is 228 g/mol. The molecular weight excluding hydrogens is 204 g/mol. The minimum Gasteiger partial charge on any atom is -0.393 e. The monoisotopic (exact) mass is 228 g/mol. The number of likely N-dealkylation sites (N-methyl/N-ethyl adjacent to an activating group) is 1. The Bertz CT molecular complexity index is 231. The molecule has 2 N–H and O–H groups in total. The number of aliphatic hydroxyl groups excluding tert-OH is 1. The summed E-state index contributed by atoms with van der Waals surface area (Å²) in [6.07, 6.45) is 2.58. The van der Waals surface area contributed by atoms with Gasteiger partial charge >= 0.3 is 0 Å². The molecule has 0 spiro atoms. The molecule has 0 saturated carbocycles. The Morgan fingerprint density at radius 2 is 2.31 bits per heavy atom. The van der Waals surface area contributed by atoms with E-state index in [1.165, 1.54) is 0 Å². The fourth-order valence-electron chi connectivity index (χ4n) is 2.11. The van der Waals surface area contributed by atoms with E-state index in [1.807, 2.05) is 7.05 Å². The smallest absolute Gasteiger partial charge is 0.239 e. The van der Waals surface area contributed by atoms with Crippen molar-refractivity contribution in [3.63, 3.8) is 0 Å². The molecule has 1 heterocycles. The van der Waals surface area contributed by atoms with Crippen molar-refractivity contribution in [2.45, 2.75) is 45.3 Å². The van der Waals surface area contributed by atoms with Gasteiger partial charge in [-0.25, -0.2) is 0 Å². The number of carbonyl (C=O) groups is 1. The highest BCUT2D eigenvalue weighted by molar-refractivity contribution is 5.82. The number of nitrogens with one attached hydrogen (secondary N) is 1. The van der Waals surface area contributed by atoms with Gasteiger partial charge in [0.25, 0.3) is 0 Å². The molecule has 0 aromatic rings. The van der Waals surface area contributed by atoms with E-state index in [-0.39, 0.29) is 18.1 Å². The fourth-order valence-corrected chi connectivity index (χ4v) is 2.11. The maximum atomic E-state index is 12.1. The van der Waals surface area contributed by atoms with Crippen LogP contribution in [0.5, 0.6) is 0 Å². The van der Waals surface area contributed by atoms with E-state index in [0.717, 1.165) is 19.4 Å². The molecule has 0 radical (unpaired) electrons. The zero-order chi connectivity index (χ0) is 12.1. The van der Waals surface area contributed by atoms with Gasteiger partial charge in [0, 0.05) is 13.6 Å². The van der Waals surface area contributed by atoms with Gasteiger partial charge in [-0.2, -0.15) is 0 Å². The summed E-state index contributed by atoms with van der Waals surface area (Å²) in [5, 5.41) is 12.5. The summed E-state index contributed by atoms with van der Waals surface area (Å²) < 4.78 is 0. The molecule has 4 nitrogen and oxygen atoms in total. The molecule has 1 aliphatic rings. The summed E-state index contributed by atoms with van der Waals surface area (Å²) in [6.45, 7) is 5.43. The molecule has 3 atom stereocenters. The molecule has 3 unspecified atom stereocenters. The van der Waals surface area contributed by atoms with Gasteiger partial charge in [0.15, 0.2) is 0 Å². The molecule has 1 fully saturated rings. The highest BCUT2D eigenvalue weighted by Gasteiger charge is 2.29. The van der Waals surface area contributed by atoms with Gasteiger partial charge in [-0.15, -0.1) is 0 Å². The molecule has 94 valence electrons. The molecule has 0 bridgehead atoms. The summed E-state index contributed by atoms with van der Waals surface area (Å²) in [4.78, 5) is 13.8. The van der Waals surface area contributed by atoms with Crippen LogP contribution in [-0.2, 0) is 4.79 Å². The molecule has 0 aromatic heterocycles. The zero-order valence-corrected chi connectivity index (χ0v) is 10.6. The van der Waals surface area contributed by atoms with Gasteiger partial charge in [-0.1, -0.05) is 6.92 Å². The number of piperidine rings is 1. The van der Waals surface area contributed by atoms with Gasteiger partial charge in [-0.05, 0) is 38.6 Å². The third-order valence-electron chi connectivity index (χ3n) is 3.29. The van der Waals surface area contributed by atoms with Crippen LogP contribution in [0.25, 0.3) is 0 Å². The van der Waals surface area contributed by atoms with Crippen molar-refractivity contribution in [2.24, 2.45) is 5.92 Å². The number of aliphatic hydroxyl groups is 1. The van der Waals surface area contributed by atoms with Crippen LogP contribution in [-0.4, -0.2) is 48.2 Å². The fraction of sp³-hybridized carbons (Fsp3) is 0.917. The van der Waals surface area contributed by atoms with Gasteiger partial charge in [0.2, 0.25) is 5.91 Å². The quantitative estimate of drug-likeness (QED) is 0.741. The zero-order valence-electron chi connectivity index (χ0n) is 10.6. The van der Waals surface area contributed by atoms with Crippen molar-refractivity contribution in [3.8, 4) is 0 Å². The summed E-state index contributed by atoms with van der Waals surface area (Å²) in [5.41, 5.74) is 0. The second kappa shape index (κ2) is 6.21. The van der Waals surface area contributed by atoms with Crippen molar-refractivity contribution >= 4 is 5.91 Å². The second-order valence-corrected chi connectivity index (χ2v) is 4.95. The molecule has 1 saturated heterocycles. The lowest BCUT2D eigenvalue weighted by molar-refractivity contribution is -0.134. The molecule has 1 amide bonds. The van der Waals surface area contributed by atoms with E-state index in [1.54, 1.807) is 11.8 Å². The Labute approximate surface area is 98.0 Å². The molecule has 1 rings (SSSR count). The largest absolute Gasteiger partial charge is 0.393 e. The summed E-state index contributed by atoms with van der Waals surface area (Å²) in [7, 11) is 1.81. The van der Waals surface area contributed by atoms with Crippen molar-refractivity contribution < 1.29 is 9.90 Å². The number of nitrogens with zero attached hydrogens (tertiary/aromatic N) is 1. The normalized spacial score (nSPS) is 27.5. The first kappa shape index (κ1) is 13.5. The van der Waals surface area contributed by atoms with Crippen LogP contribution in [0.4, 0.5) is 0 Å². The molecule has 0 aromatic carbocycles. The van der Waals surface area contributed by atoms with Gasteiger partial charge in [0.1, 0.15) is 0 Å². The van der Waals surface area contributed by atoms with Crippen LogP contribution < -0.4 is 5.32 Å². The van der Waals surface area contributed by atoms with E-state index in [4.69, 9.17) is 0 Å². The Kier molecular flexibility index (Phi) is 5.22. The maximum absolute atomic E-state index is 12.1. The van der Waals surface area contributed by atoms with Crippen LogP contribution in [0, 0.1) is 5.92 Å². The second-order valence-electron chi connectivity index (χ2n) is 4.95. The predicted molar refractivity (Wildman–Crippen MR) is 64.1 cm³/mol. The van der Waals surface area contributed by atoms with Crippen molar-refractivity contribution in [2.75, 3.05) is 20.1 Å². The van der Waals surface area contributed by atoms with Crippen molar-refractivity contribution in [3.05, 3.63) is 0 Å². The lowest BCUT2D eigenvalue weighted by Crippen LogP contribution is -2.51. The third-order valence-corrected chi connectivity index (χ3v) is 3.29. The van der Waals surface area contributed by atoms with Crippen LogP contribution in [0.2, 0.25) is 0 Å². The predicted octanol–water partition coefficient (Wildman–Crippen LogP) is 0.604. The van der Waals surface area contributed by atoms with E-state index in [9.17, 15) is 9.90 Å². The van der Waals surface area contributed by atoms with Gasteiger partial charge in [-0.3, -0.25) is 4.79 Å². The number of amides is 1. The average Bonchev–Trinajstić information content (AvgIpc) is 2.25. The van der Waals surface area contributed by atoms with E-state index >= 15 is 0 Å². The highest BCUT2D eigenvalue weighted by Crippen LogP contribution is 2.17. The van der Waals surface area contributed by atoms with Crippen LogP contribution in [0.15, 0.2) is 0 Å². The SMILES string of the molecule is CC(O)CCN(C)C(=O)C1NCCCC1C. The van der Waals surface area contributed by atoms with Crippen LogP contribution >= 0.6 is 0 Å². The van der Waals surface area contributed by atoms with E-state index in [2.05, 4.69) is 12.2 Å². The number of carbonyl (C=O) groups excluding carboxylic acids is 1. The molecule has 1 aliphatic heterocycles. The third kappa shape index (κ3) is 3.76. The maximum Gasteiger partial charge on any atom is 0.239 e. The summed E-state index contributed by atoms with van der Waals surface area (Å²) in [5.74, 6) is 0.572. The topological polar surface area (TPSA) is 52.6 Å². The first-order valence-electron chi connectivity index (χ1n) is 6.18. The molecular formula is C12H24N2O2. The Balaban J connectivity index is 2.42. The summed E-state index contributed by atoms with van der Waals surface area (Å²) in [6, 6.07) is -0.0345. The van der Waals surface area contributed by atoms with Gasteiger partial charge < -0.3 is 15.3 Å². The first-order valence-corrected chi connectivity index (χ1v) is 6.18. The van der Waals surface area contributed by atoms with Crippen LogP contribution in [0.1, 0.15) is 33.1 Å². The number of rotatable bonds is 4. The molecule has 0 aliphatic carbocycles.